The van der Waals surface area contributed by atoms with Gasteiger partial charge in [0.2, 0.25) is 0 Å². The predicted molar refractivity (Wildman–Crippen MR) is 73.9 cm³/mol. The maximum atomic E-state index is 11.7. The first-order chi connectivity index (χ1) is 6.83. The number of hydrogen-bond donors (Lipinski definition) is 2. The van der Waals surface area contributed by atoms with Gasteiger partial charge >= 0.3 is 0 Å². The number of nitrogens with one attached hydrogen (secondary N) is 1. The molecule has 86 valence electrons. The predicted octanol–water partition coefficient (Wildman–Crippen LogP) is 1.78. The molecule has 0 unspecified atom stereocenters. The van der Waals surface area contributed by atoms with Crippen LogP contribution in [-0.2, 0) is 6.42 Å². The molecule has 1 aromatic rings. The first-order valence-electron chi connectivity index (χ1n) is 4.45. The van der Waals surface area contributed by atoms with Crippen LogP contribution in [0.5, 0.6) is 0 Å². The molecule has 0 atom stereocenters. The van der Waals surface area contributed by atoms with Gasteiger partial charge in [0.1, 0.15) is 6.67 Å². The lowest BCUT2D eigenvalue weighted by atomic mass is 10.3. The number of alkyl halides is 1. The van der Waals surface area contributed by atoms with E-state index in [-0.39, 0.29) is 30.5 Å². The third-order valence-electron chi connectivity index (χ3n) is 1.62. The van der Waals surface area contributed by atoms with E-state index in [0.717, 1.165) is 13.0 Å². The van der Waals surface area contributed by atoms with Crippen LogP contribution >= 0.6 is 35.3 Å². The summed E-state index contributed by atoms with van der Waals surface area (Å²) in [4.78, 5) is 5.07. The molecular weight excluding hydrogens is 328 g/mol. The van der Waals surface area contributed by atoms with Crippen molar-refractivity contribution in [1.29, 1.82) is 0 Å². The molecule has 0 fully saturated rings. The lowest BCUT2D eigenvalue weighted by Crippen LogP contribution is -2.33. The zero-order valence-electron chi connectivity index (χ0n) is 8.28. The quantitative estimate of drug-likeness (QED) is 0.487. The average Bonchev–Trinajstić information content (AvgIpc) is 2.67. The Kier molecular flexibility index (Phi) is 8.68. The standard InChI is InChI=1S/C9H14FN3S.HI/c10-4-6-13-9(11)12-5-3-8-2-1-7-14-8;/h1-2,7H,3-6H2,(H3,11,12,13);1H. The fourth-order valence-electron chi connectivity index (χ4n) is 0.987. The third-order valence-corrected chi connectivity index (χ3v) is 2.56. The minimum atomic E-state index is -0.465. The molecule has 0 radical (unpaired) electrons. The highest BCUT2D eigenvalue weighted by Crippen LogP contribution is 2.07. The number of thiophene rings is 1. The van der Waals surface area contributed by atoms with Crippen LogP contribution in [0.2, 0.25) is 0 Å². The molecule has 0 aliphatic rings. The summed E-state index contributed by atoms with van der Waals surface area (Å²) in [6.45, 7) is 0.410. The number of rotatable bonds is 5. The van der Waals surface area contributed by atoms with Gasteiger partial charge in [-0.05, 0) is 17.9 Å². The zero-order chi connectivity index (χ0) is 10.2. The minimum absolute atomic E-state index is 0. The van der Waals surface area contributed by atoms with E-state index in [2.05, 4.69) is 16.4 Å². The second-order valence-corrected chi connectivity index (χ2v) is 3.74. The Hall–Kier alpha value is -0.370. The van der Waals surface area contributed by atoms with Gasteiger partial charge in [0.05, 0.1) is 6.54 Å². The fourth-order valence-corrected chi connectivity index (χ4v) is 1.70. The van der Waals surface area contributed by atoms with Gasteiger partial charge in [0, 0.05) is 11.4 Å². The van der Waals surface area contributed by atoms with E-state index in [0.29, 0.717) is 5.96 Å². The number of hydrogen-bond acceptors (Lipinski definition) is 2. The van der Waals surface area contributed by atoms with E-state index in [1.54, 1.807) is 11.3 Å². The molecule has 0 aliphatic carbocycles. The van der Waals surface area contributed by atoms with Gasteiger partial charge in [0.15, 0.2) is 5.96 Å². The topological polar surface area (TPSA) is 50.4 Å². The highest BCUT2D eigenvalue weighted by Gasteiger charge is 1.94. The van der Waals surface area contributed by atoms with Crippen LogP contribution in [0.3, 0.4) is 0 Å². The largest absolute Gasteiger partial charge is 0.370 e. The van der Waals surface area contributed by atoms with E-state index < -0.39 is 6.67 Å². The molecule has 0 bridgehead atoms. The second-order valence-electron chi connectivity index (χ2n) is 2.71. The molecule has 15 heavy (non-hydrogen) atoms. The number of aliphatic imine (C=N–C) groups is 1. The Morgan fingerprint density at radius 1 is 1.60 bits per heavy atom. The normalized spacial score (nSPS) is 10.9. The van der Waals surface area contributed by atoms with Crippen molar-refractivity contribution in [2.24, 2.45) is 10.7 Å². The van der Waals surface area contributed by atoms with Crippen molar-refractivity contribution < 1.29 is 4.39 Å². The van der Waals surface area contributed by atoms with Crippen molar-refractivity contribution in [3.8, 4) is 0 Å². The summed E-state index contributed by atoms with van der Waals surface area (Å²) in [7, 11) is 0. The Labute approximate surface area is 110 Å². The number of nitrogens with two attached hydrogens (primary N) is 1. The van der Waals surface area contributed by atoms with Crippen molar-refractivity contribution >= 4 is 41.3 Å². The molecule has 0 aliphatic heterocycles. The van der Waals surface area contributed by atoms with Gasteiger partial charge in [-0.15, -0.1) is 35.3 Å². The zero-order valence-corrected chi connectivity index (χ0v) is 11.4. The summed E-state index contributed by atoms with van der Waals surface area (Å²) >= 11 is 1.71. The van der Waals surface area contributed by atoms with Crippen LogP contribution in [-0.4, -0.2) is 25.7 Å². The molecule has 3 nitrogen and oxygen atoms in total. The molecule has 0 saturated heterocycles. The lowest BCUT2D eigenvalue weighted by molar-refractivity contribution is 0.504. The molecule has 0 saturated carbocycles. The van der Waals surface area contributed by atoms with Crippen molar-refractivity contribution in [2.75, 3.05) is 19.8 Å². The van der Waals surface area contributed by atoms with Crippen molar-refractivity contribution in [3.63, 3.8) is 0 Å². The average molecular weight is 343 g/mol. The summed E-state index contributed by atoms with van der Waals surface area (Å²) < 4.78 is 11.7. The van der Waals surface area contributed by atoms with Gasteiger partial charge < -0.3 is 11.1 Å². The Morgan fingerprint density at radius 3 is 3.00 bits per heavy atom. The lowest BCUT2D eigenvalue weighted by Gasteiger charge is -2.03. The van der Waals surface area contributed by atoms with E-state index in [1.807, 2.05) is 11.4 Å². The van der Waals surface area contributed by atoms with Crippen molar-refractivity contribution in [3.05, 3.63) is 22.4 Å². The SMILES string of the molecule is I.NC(=NCCF)NCCc1cccs1. The molecular formula is C9H15FIN3S. The highest BCUT2D eigenvalue weighted by molar-refractivity contribution is 14.0. The van der Waals surface area contributed by atoms with Gasteiger partial charge in [-0.1, -0.05) is 6.07 Å². The number of guanidine groups is 1. The smallest absolute Gasteiger partial charge is 0.188 e. The van der Waals surface area contributed by atoms with Gasteiger partial charge in [-0.25, -0.2) is 4.39 Å². The van der Waals surface area contributed by atoms with Crippen LogP contribution in [0, 0.1) is 0 Å². The van der Waals surface area contributed by atoms with Gasteiger partial charge in [0.25, 0.3) is 0 Å². The number of halogens is 2. The summed E-state index contributed by atoms with van der Waals surface area (Å²) in [6, 6.07) is 4.09. The molecule has 0 amide bonds. The molecule has 3 N–H and O–H groups in total. The van der Waals surface area contributed by atoms with Gasteiger partial charge in [-0.3, -0.25) is 4.99 Å². The maximum absolute atomic E-state index is 11.7. The van der Waals surface area contributed by atoms with E-state index in [9.17, 15) is 4.39 Å². The Balaban J connectivity index is 0.00000196. The summed E-state index contributed by atoms with van der Waals surface area (Å²) in [6.07, 6.45) is 0.920. The van der Waals surface area contributed by atoms with Crippen molar-refractivity contribution in [1.82, 2.24) is 5.32 Å². The molecule has 1 rings (SSSR count). The van der Waals surface area contributed by atoms with Crippen molar-refractivity contribution in [2.45, 2.75) is 6.42 Å². The minimum Gasteiger partial charge on any atom is -0.370 e. The molecule has 6 heteroatoms. The van der Waals surface area contributed by atoms with E-state index in [4.69, 9.17) is 5.73 Å². The number of nitrogens with zero attached hydrogens (tertiary/aromatic N) is 1. The monoisotopic (exact) mass is 343 g/mol. The van der Waals surface area contributed by atoms with Crippen LogP contribution in [0.4, 0.5) is 4.39 Å². The summed E-state index contributed by atoms with van der Waals surface area (Å²) in [5.74, 6) is 0.319. The van der Waals surface area contributed by atoms with E-state index >= 15 is 0 Å². The summed E-state index contributed by atoms with van der Waals surface area (Å²) in [5.41, 5.74) is 5.47. The van der Waals surface area contributed by atoms with E-state index in [1.165, 1.54) is 4.88 Å². The third kappa shape index (κ3) is 6.67. The van der Waals surface area contributed by atoms with Gasteiger partial charge in [-0.2, -0.15) is 0 Å². The second kappa shape index (κ2) is 8.90. The summed E-state index contributed by atoms with van der Waals surface area (Å²) in [5, 5.41) is 4.96. The maximum Gasteiger partial charge on any atom is 0.188 e. The fraction of sp³-hybridized carbons (Fsp3) is 0.444. The molecule has 0 spiro atoms. The van der Waals surface area contributed by atoms with Crippen LogP contribution in [0.15, 0.2) is 22.5 Å². The first-order valence-corrected chi connectivity index (χ1v) is 5.33. The molecule has 1 heterocycles. The van der Waals surface area contributed by atoms with Crippen LogP contribution in [0.25, 0.3) is 0 Å². The van der Waals surface area contributed by atoms with Crippen LogP contribution in [0.1, 0.15) is 4.88 Å². The Morgan fingerprint density at radius 2 is 2.40 bits per heavy atom. The first kappa shape index (κ1) is 14.6. The van der Waals surface area contributed by atoms with Crippen LogP contribution < -0.4 is 11.1 Å². The Bertz CT molecular complexity index is 277. The molecule has 0 aromatic carbocycles. The molecule has 1 aromatic heterocycles. The highest BCUT2D eigenvalue weighted by atomic mass is 127.